The third-order valence-electron chi connectivity index (χ3n) is 3.90. The number of hydrogen-bond donors (Lipinski definition) is 1. The molecule has 8 heteroatoms. The third kappa shape index (κ3) is 6.51. The number of Topliss-reactive ketones (excluding diaryl/α,β-unsaturated/α-hetero) is 2. The number of carbonyl (C=O) groups is 5. The molecule has 0 aliphatic carbocycles. The largest absolute Gasteiger partial charge is 0.464 e. The summed E-state index contributed by atoms with van der Waals surface area (Å²) in [7, 11) is 0. The predicted octanol–water partition coefficient (Wildman–Crippen LogP) is 2.03. The van der Waals surface area contributed by atoms with Gasteiger partial charge in [-0.05, 0) is 19.4 Å². The Labute approximate surface area is 170 Å². The smallest absolute Gasteiger partial charge is 0.344 e. The minimum absolute atomic E-state index is 0. The van der Waals surface area contributed by atoms with E-state index in [1.165, 1.54) is 31.2 Å². The van der Waals surface area contributed by atoms with Gasteiger partial charge in [-0.25, -0.2) is 9.59 Å². The summed E-state index contributed by atoms with van der Waals surface area (Å²) in [5.74, 6) is -3.62. The highest BCUT2D eigenvalue weighted by atomic mass is 16.6. The SMILES string of the molecule is C.CCOC(=O)C(Cc1ccc(C(=O)C(=O)CC)cc1)(NC(C)=O)C(=O)OCC. The fraction of sp³-hybridized carbons (Fsp3) is 0.476. The van der Waals surface area contributed by atoms with E-state index in [0.29, 0.717) is 5.56 Å². The number of esters is 2. The van der Waals surface area contributed by atoms with Crippen molar-refractivity contribution in [2.24, 2.45) is 0 Å². The van der Waals surface area contributed by atoms with E-state index in [-0.39, 0.29) is 39.0 Å². The Morgan fingerprint density at radius 2 is 1.38 bits per heavy atom. The molecule has 0 saturated carbocycles. The molecule has 0 heterocycles. The standard InChI is InChI=1S/C20H25NO7.CH4/c1-5-16(23)17(24)15-10-8-14(9-11-15)12-20(21-13(4)22,18(25)27-6-2)19(26)28-7-3;/h8-11H,5-7,12H2,1-4H3,(H,21,22);1H4. The molecule has 0 aromatic heterocycles. The lowest BCUT2D eigenvalue weighted by molar-refractivity contribution is -0.168. The molecule has 0 aliphatic heterocycles. The summed E-state index contributed by atoms with van der Waals surface area (Å²) >= 11 is 0. The van der Waals surface area contributed by atoms with Crippen molar-refractivity contribution in [2.45, 2.75) is 53.5 Å². The average molecular weight is 407 g/mol. The number of ketones is 2. The first-order valence-corrected chi connectivity index (χ1v) is 9.01. The van der Waals surface area contributed by atoms with Gasteiger partial charge in [-0.15, -0.1) is 0 Å². The van der Waals surface area contributed by atoms with Gasteiger partial charge in [-0.2, -0.15) is 0 Å². The molecule has 0 atom stereocenters. The molecule has 1 rings (SSSR count). The molecule has 0 spiro atoms. The molecular weight excluding hydrogens is 378 g/mol. The van der Waals surface area contributed by atoms with Crippen LogP contribution in [-0.4, -0.2) is 48.2 Å². The number of benzene rings is 1. The van der Waals surface area contributed by atoms with Gasteiger partial charge in [0.1, 0.15) is 0 Å². The molecule has 1 aromatic carbocycles. The van der Waals surface area contributed by atoms with E-state index in [0.717, 1.165) is 0 Å². The second-order valence-electron chi connectivity index (χ2n) is 6.01. The lowest BCUT2D eigenvalue weighted by Gasteiger charge is -2.29. The molecule has 160 valence electrons. The Hall–Kier alpha value is -3.03. The topological polar surface area (TPSA) is 116 Å². The molecule has 0 aliphatic rings. The highest BCUT2D eigenvalue weighted by molar-refractivity contribution is 6.43. The van der Waals surface area contributed by atoms with Crippen molar-refractivity contribution in [3.8, 4) is 0 Å². The highest BCUT2D eigenvalue weighted by Gasteiger charge is 2.50. The van der Waals surface area contributed by atoms with Crippen molar-refractivity contribution in [1.29, 1.82) is 0 Å². The van der Waals surface area contributed by atoms with Gasteiger partial charge in [0.25, 0.3) is 0 Å². The van der Waals surface area contributed by atoms with Crippen molar-refractivity contribution in [3.63, 3.8) is 0 Å². The first-order valence-electron chi connectivity index (χ1n) is 9.01. The van der Waals surface area contributed by atoms with Gasteiger partial charge in [0.05, 0.1) is 13.2 Å². The van der Waals surface area contributed by atoms with Crippen LogP contribution in [0.15, 0.2) is 24.3 Å². The van der Waals surface area contributed by atoms with Crippen LogP contribution in [0.1, 0.15) is 57.5 Å². The summed E-state index contributed by atoms with van der Waals surface area (Å²) in [4.78, 5) is 60.4. The molecule has 0 bridgehead atoms. The number of amides is 1. The third-order valence-corrected chi connectivity index (χ3v) is 3.90. The summed E-state index contributed by atoms with van der Waals surface area (Å²) in [6, 6.07) is 5.87. The van der Waals surface area contributed by atoms with Gasteiger partial charge in [0, 0.05) is 25.3 Å². The minimum atomic E-state index is -2.05. The summed E-state index contributed by atoms with van der Waals surface area (Å²) in [5, 5.41) is 2.37. The molecule has 0 saturated heterocycles. The predicted molar refractivity (Wildman–Crippen MR) is 106 cm³/mol. The van der Waals surface area contributed by atoms with Crippen LogP contribution in [0.5, 0.6) is 0 Å². The summed E-state index contributed by atoms with van der Waals surface area (Å²) < 4.78 is 10.0. The molecule has 8 nitrogen and oxygen atoms in total. The van der Waals surface area contributed by atoms with E-state index < -0.39 is 35.0 Å². The van der Waals surface area contributed by atoms with Crippen LogP contribution in [0.25, 0.3) is 0 Å². The monoisotopic (exact) mass is 407 g/mol. The van der Waals surface area contributed by atoms with Crippen LogP contribution < -0.4 is 5.32 Å². The average Bonchev–Trinajstić information content (AvgIpc) is 2.66. The fourth-order valence-corrected chi connectivity index (χ4v) is 2.58. The molecule has 1 N–H and O–H groups in total. The summed E-state index contributed by atoms with van der Waals surface area (Å²) in [5.41, 5.74) is -1.38. The van der Waals surface area contributed by atoms with Crippen molar-refractivity contribution in [1.82, 2.24) is 5.32 Å². The second kappa shape index (κ2) is 11.7. The molecule has 0 fully saturated rings. The maximum absolute atomic E-state index is 12.6. The Morgan fingerprint density at radius 3 is 1.76 bits per heavy atom. The second-order valence-corrected chi connectivity index (χ2v) is 6.01. The zero-order valence-corrected chi connectivity index (χ0v) is 16.5. The van der Waals surface area contributed by atoms with Gasteiger partial charge < -0.3 is 14.8 Å². The van der Waals surface area contributed by atoms with Crippen molar-refractivity contribution in [3.05, 3.63) is 35.4 Å². The van der Waals surface area contributed by atoms with Gasteiger partial charge in [-0.1, -0.05) is 38.6 Å². The van der Waals surface area contributed by atoms with E-state index in [1.807, 2.05) is 0 Å². The lowest BCUT2D eigenvalue weighted by atomic mass is 9.89. The van der Waals surface area contributed by atoms with Crippen LogP contribution in [0, 0.1) is 0 Å². The minimum Gasteiger partial charge on any atom is -0.464 e. The van der Waals surface area contributed by atoms with Gasteiger partial charge >= 0.3 is 11.9 Å². The maximum Gasteiger partial charge on any atom is 0.344 e. The summed E-state index contributed by atoms with van der Waals surface area (Å²) in [6.07, 6.45) is -0.140. The Morgan fingerprint density at radius 1 is 0.897 bits per heavy atom. The van der Waals surface area contributed by atoms with Gasteiger partial charge in [0.2, 0.25) is 23.0 Å². The maximum atomic E-state index is 12.6. The first kappa shape index (κ1) is 26.0. The Kier molecular flexibility index (Phi) is 10.5. The van der Waals surface area contributed by atoms with E-state index in [4.69, 9.17) is 9.47 Å². The van der Waals surface area contributed by atoms with Crippen molar-refractivity contribution < 1.29 is 33.4 Å². The van der Waals surface area contributed by atoms with E-state index in [9.17, 15) is 24.0 Å². The van der Waals surface area contributed by atoms with Crippen LogP contribution in [0.4, 0.5) is 0 Å². The zero-order chi connectivity index (χ0) is 21.3. The quantitative estimate of drug-likeness (QED) is 0.273. The van der Waals surface area contributed by atoms with E-state index in [1.54, 1.807) is 20.8 Å². The number of rotatable bonds is 10. The van der Waals surface area contributed by atoms with Crippen LogP contribution in [-0.2, 0) is 35.1 Å². The summed E-state index contributed by atoms with van der Waals surface area (Å²) in [6.45, 7) is 5.93. The fourth-order valence-electron chi connectivity index (χ4n) is 2.58. The lowest BCUT2D eigenvalue weighted by Crippen LogP contribution is -2.62. The molecule has 0 unspecified atom stereocenters. The molecule has 1 amide bonds. The molecule has 0 radical (unpaired) electrons. The van der Waals surface area contributed by atoms with Gasteiger partial charge in [-0.3, -0.25) is 14.4 Å². The highest BCUT2D eigenvalue weighted by Crippen LogP contribution is 2.20. The van der Waals surface area contributed by atoms with Crippen molar-refractivity contribution in [2.75, 3.05) is 13.2 Å². The van der Waals surface area contributed by atoms with E-state index >= 15 is 0 Å². The number of carbonyl (C=O) groups excluding carboxylic acids is 5. The van der Waals surface area contributed by atoms with E-state index in [2.05, 4.69) is 5.32 Å². The molecular formula is C21H29NO7. The number of ether oxygens (including phenoxy) is 2. The molecule has 29 heavy (non-hydrogen) atoms. The Bertz CT molecular complexity index is 735. The van der Waals surface area contributed by atoms with Crippen LogP contribution in [0.3, 0.4) is 0 Å². The van der Waals surface area contributed by atoms with Gasteiger partial charge in [0.15, 0.2) is 0 Å². The van der Waals surface area contributed by atoms with Crippen LogP contribution >= 0.6 is 0 Å². The van der Waals surface area contributed by atoms with Crippen LogP contribution in [0.2, 0.25) is 0 Å². The first-order chi connectivity index (χ1) is 13.2. The molecule has 1 aromatic rings. The number of nitrogens with one attached hydrogen (secondary N) is 1. The zero-order valence-electron chi connectivity index (χ0n) is 16.5. The van der Waals surface area contributed by atoms with Crippen molar-refractivity contribution >= 4 is 29.4 Å². The normalized spacial score (nSPS) is 10.3. The Balaban J connectivity index is 0.00000784. The number of hydrogen-bond acceptors (Lipinski definition) is 7.